The average Bonchev–Trinajstić information content (AvgIpc) is 3.31. The molecule has 0 aliphatic carbocycles. The summed E-state index contributed by atoms with van der Waals surface area (Å²) < 4.78 is 4.49. The minimum Gasteiger partial charge on any atom is -0.316 e. The van der Waals surface area contributed by atoms with Gasteiger partial charge in [-0.25, -0.2) is 14.6 Å². The zero-order chi connectivity index (χ0) is 22.3. The van der Waals surface area contributed by atoms with Crippen molar-refractivity contribution in [3.8, 4) is 0 Å². The van der Waals surface area contributed by atoms with Crippen LogP contribution in [0.3, 0.4) is 0 Å². The molecule has 0 spiro atoms. The van der Waals surface area contributed by atoms with E-state index in [1.807, 2.05) is 19.1 Å². The van der Waals surface area contributed by atoms with Crippen LogP contribution in [-0.4, -0.2) is 34.9 Å². The molecule has 2 amide bonds. The standard InChI is InChI=1S/C18H18N8O3S2/c1-9-5-7-10(8-6-9)19-14(28)21-15-22-23-17(30-15)31-16-20-12-11(24(16)2)13(27)26(4)18(29)25(12)3/h5-8H,1-4H3,(H2,19,21,22,28). The van der Waals surface area contributed by atoms with E-state index in [9.17, 15) is 14.4 Å². The number of aromatic nitrogens is 6. The van der Waals surface area contributed by atoms with Crippen LogP contribution in [0.4, 0.5) is 15.6 Å². The first-order chi connectivity index (χ1) is 14.7. The van der Waals surface area contributed by atoms with Gasteiger partial charge in [0, 0.05) is 26.8 Å². The lowest BCUT2D eigenvalue weighted by Crippen LogP contribution is -2.37. The third-order valence-corrected chi connectivity index (χ3v) is 6.49. The highest BCUT2D eigenvalue weighted by molar-refractivity contribution is 8.01. The lowest BCUT2D eigenvalue weighted by Gasteiger charge is -2.04. The molecule has 31 heavy (non-hydrogen) atoms. The van der Waals surface area contributed by atoms with Crippen molar-refractivity contribution in [3.63, 3.8) is 0 Å². The van der Waals surface area contributed by atoms with E-state index in [1.165, 1.54) is 34.7 Å². The van der Waals surface area contributed by atoms with Crippen LogP contribution in [0.2, 0.25) is 0 Å². The van der Waals surface area contributed by atoms with Gasteiger partial charge in [-0.05, 0) is 30.8 Å². The van der Waals surface area contributed by atoms with E-state index < -0.39 is 17.3 Å². The number of benzene rings is 1. The molecule has 1 aromatic carbocycles. The summed E-state index contributed by atoms with van der Waals surface area (Å²) in [4.78, 5) is 41.2. The van der Waals surface area contributed by atoms with Crippen LogP contribution < -0.4 is 21.9 Å². The molecule has 0 aliphatic heterocycles. The second kappa shape index (κ2) is 8.00. The zero-order valence-electron chi connectivity index (χ0n) is 17.0. The van der Waals surface area contributed by atoms with Gasteiger partial charge in [0.25, 0.3) is 5.56 Å². The number of carbonyl (C=O) groups is 1. The van der Waals surface area contributed by atoms with Crippen LogP contribution in [0.1, 0.15) is 5.56 Å². The monoisotopic (exact) mass is 458 g/mol. The first-order valence-electron chi connectivity index (χ1n) is 9.03. The Kier molecular flexibility index (Phi) is 5.37. The zero-order valence-corrected chi connectivity index (χ0v) is 18.7. The lowest BCUT2D eigenvalue weighted by atomic mass is 10.2. The Labute approximate surface area is 183 Å². The summed E-state index contributed by atoms with van der Waals surface area (Å²) in [6.45, 7) is 1.96. The van der Waals surface area contributed by atoms with Crippen LogP contribution in [-0.2, 0) is 21.1 Å². The van der Waals surface area contributed by atoms with Crippen molar-refractivity contribution in [1.82, 2.24) is 28.9 Å². The fraction of sp³-hybridized carbons (Fsp3) is 0.222. The minimum absolute atomic E-state index is 0.290. The highest BCUT2D eigenvalue weighted by Gasteiger charge is 2.19. The Morgan fingerprint density at radius 2 is 1.71 bits per heavy atom. The summed E-state index contributed by atoms with van der Waals surface area (Å²) in [5.41, 5.74) is 1.48. The number of amides is 2. The summed E-state index contributed by atoms with van der Waals surface area (Å²) in [5.74, 6) is 0. The number of imidazole rings is 1. The second-order valence-corrected chi connectivity index (χ2v) is 8.94. The predicted octanol–water partition coefficient (Wildman–Crippen LogP) is 1.93. The van der Waals surface area contributed by atoms with Crippen LogP contribution in [0, 0.1) is 6.92 Å². The topological polar surface area (TPSA) is 129 Å². The van der Waals surface area contributed by atoms with Gasteiger partial charge in [0.2, 0.25) is 5.13 Å². The largest absolute Gasteiger partial charge is 0.332 e. The molecule has 0 fully saturated rings. The van der Waals surface area contributed by atoms with Gasteiger partial charge in [0.15, 0.2) is 20.7 Å². The third-order valence-electron chi connectivity index (χ3n) is 4.55. The molecule has 0 unspecified atom stereocenters. The first kappa shape index (κ1) is 20.8. The Bertz CT molecular complexity index is 1410. The minimum atomic E-state index is -0.450. The average molecular weight is 459 g/mol. The van der Waals surface area contributed by atoms with Crippen molar-refractivity contribution in [2.75, 3.05) is 10.6 Å². The molecule has 0 bridgehead atoms. The summed E-state index contributed by atoms with van der Waals surface area (Å²) in [7, 11) is 4.68. The number of aryl methyl sites for hydroxylation is 3. The SMILES string of the molecule is Cc1ccc(NC(=O)Nc2nnc(Sc3nc4c(c(=O)n(C)c(=O)n4C)n3C)s2)cc1. The molecule has 3 aromatic heterocycles. The van der Waals surface area contributed by atoms with Crippen LogP contribution >= 0.6 is 23.1 Å². The number of carbonyl (C=O) groups excluding carboxylic acids is 1. The number of hydrogen-bond donors (Lipinski definition) is 2. The molecule has 0 radical (unpaired) electrons. The van der Waals surface area contributed by atoms with Crippen molar-refractivity contribution >= 4 is 51.1 Å². The van der Waals surface area contributed by atoms with Gasteiger partial charge in [0.05, 0.1) is 0 Å². The van der Waals surface area contributed by atoms with E-state index in [0.29, 0.717) is 31.5 Å². The molecular formula is C18H18N8O3S2. The molecule has 11 nitrogen and oxygen atoms in total. The van der Waals surface area contributed by atoms with Crippen molar-refractivity contribution in [1.29, 1.82) is 0 Å². The highest BCUT2D eigenvalue weighted by Crippen LogP contribution is 2.32. The van der Waals surface area contributed by atoms with E-state index in [2.05, 4.69) is 25.8 Å². The molecular weight excluding hydrogens is 440 g/mol. The fourth-order valence-electron chi connectivity index (χ4n) is 2.87. The molecule has 0 saturated heterocycles. The molecule has 13 heteroatoms. The van der Waals surface area contributed by atoms with Gasteiger partial charge in [-0.2, -0.15) is 0 Å². The summed E-state index contributed by atoms with van der Waals surface area (Å²) >= 11 is 2.35. The summed E-state index contributed by atoms with van der Waals surface area (Å²) in [6.07, 6.45) is 0. The molecule has 160 valence electrons. The number of nitrogens with zero attached hydrogens (tertiary/aromatic N) is 6. The Morgan fingerprint density at radius 3 is 2.42 bits per heavy atom. The summed E-state index contributed by atoms with van der Waals surface area (Å²) in [5, 5.41) is 14.2. The maximum absolute atomic E-state index is 12.5. The Hall–Kier alpha value is -3.45. The Morgan fingerprint density at radius 1 is 1.00 bits per heavy atom. The van der Waals surface area contributed by atoms with E-state index >= 15 is 0 Å². The summed E-state index contributed by atoms with van der Waals surface area (Å²) in [6, 6.07) is 6.97. The smallest absolute Gasteiger partial charge is 0.316 e. The third kappa shape index (κ3) is 3.96. The van der Waals surface area contributed by atoms with Crippen molar-refractivity contribution in [2.45, 2.75) is 16.4 Å². The number of nitrogens with one attached hydrogen (secondary N) is 2. The van der Waals surface area contributed by atoms with Gasteiger partial charge >= 0.3 is 11.7 Å². The number of hydrogen-bond acceptors (Lipinski definition) is 8. The van der Waals surface area contributed by atoms with Crippen LogP contribution in [0.15, 0.2) is 43.4 Å². The number of urea groups is 1. The molecule has 2 N–H and O–H groups in total. The van der Waals surface area contributed by atoms with Crippen molar-refractivity contribution in [3.05, 3.63) is 50.7 Å². The maximum Gasteiger partial charge on any atom is 0.332 e. The van der Waals surface area contributed by atoms with Gasteiger partial charge in [-0.3, -0.25) is 19.2 Å². The van der Waals surface area contributed by atoms with E-state index in [4.69, 9.17) is 0 Å². The highest BCUT2D eigenvalue weighted by atomic mass is 32.2. The van der Waals surface area contributed by atoms with Gasteiger partial charge < -0.3 is 9.88 Å². The number of rotatable bonds is 4. The van der Waals surface area contributed by atoms with Crippen molar-refractivity contribution < 1.29 is 4.79 Å². The molecule has 0 saturated carbocycles. The number of anilines is 2. The predicted molar refractivity (Wildman–Crippen MR) is 119 cm³/mol. The first-order valence-corrected chi connectivity index (χ1v) is 10.7. The van der Waals surface area contributed by atoms with E-state index in [-0.39, 0.29) is 0 Å². The molecule has 0 atom stereocenters. The van der Waals surface area contributed by atoms with Gasteiger partial charge in [-0.15, -0.1) is 10.2 Å². The fourth-order valence-corrected chi connectivity index (χ4v) is 4.56. The van der Waals surface area contributed by atoms with E-state index in [0.717, 1.165) is 10.1 Å². The quantitative estimate of drug-likeness (QED) is 0.447. The van der Waals surface area contributed by atoms with Gasteiger partial charge in [-0.1, -0.05) is 29.0 Å². The Balaban J connectivity index is 1.53. The van der Waals surface area contributed by atoms with Gasteiger partial charge in [0.1, 0.15) is 0 Å². The molecule has 4 rings (SSSR count). The van der Waals surface area contributed by atoms with E-state index in [1.54, 1.807) is 30.8 Å². The maximum atomic E-state index is 12.5. The second-order valence-electron chi connectivity index (χ2n) is 6.75. The number of fused-ring (bicyclic) bond motifs is 1. The molecule has 3 heterocycles. The lowest BCUT2D eigenvalue weighted by molar-refractivity contribution is 0.262. The molecule has 0 aliphatic rings. The van der Waals surface area contributed by atoms with Crippen LogP contribution in [0.5, 0.6) is 0 Å². The van der Waals surface area contributed by atoms with Crippen molar-refractivity contribution in [2.24, 2.45) is 21.1 Å². The normalized spacial score (nSPS) is 11.1. The van der Waals surface area contributed by atoms with Crippen LogP contribution in [0.25, 0.3) is 11.2 Å². The molecule has 4 aromatic rings.